The van der Waals surface area contributed by atoms with Crippen LogP contribution in [-0.2, 0) is 27.1 Å². The smallest absolute Gasteiger partial charge is 0.238 e. The number of fused-ring (bicyclic) bond motifs is 1. The van der Waals surface area contributed by atoms with Crippen molar-refractivity contribution in [2.24, 2.45) is 0 Å². The standard InChI is InChI=1S/C20H28N2O3/c1-24-18-12-22(14-20(18)9-4-10-25-20)13-19(23)21-17-8-7-15-5-2-3-6-16(15)11-17/h7-8,11,18H,2-6,9-10,12-14H2,1H3,(H,21,23)/t18-,20-/m1/s1. The van der Waals surface area contributed by atoms with Gasteiger partial charge in [-0.05, 0) is 61.8 Å². The minimum absolute atomic E-state index is 0.0423. The van der Waals surface area contributed by atoms with Gasteiger partial charge in [-0.2, -0.15) is 0 Å². The Kier molecular flexibility index (Phi) is 4.80. The third kappa shape index (κ3) is 3.46. The Morgan fingerprint density at radius 2 is 2.16 bits per heavy atom. The Labute approximate surface area is 149 Å². The number of hydrogen-bond donors (Lipinski definition) is 1. The van der Waals surface area contributed by atoms with Gasteiger partial charge >= 0.3 is 0 Å². The fourth-order valence-corrected chi connectivity index (χ4v) is 4.67. The zero-order valence-electron chi connectivity index (χ0n) is 15.1. The van der Waals surface area contributed by atoms with Crippen molar-refractivity contribution < 1.29 is 14.3 Å². The van der Waals surface area contributed by atoms with Crippen molar-refractivity contribution in [3.05, 3.63) is 29.3 Å². The first-order valence-corrected chi connectivity index (χ1v) is 9.49. The SMILES string of the molecule is CO[C@@H]1CN(CC(=O)Nc2ccc3c(c2)CCCC3)C[C@]12CCCO2. The number of rotatable bonds is 4. The molecular formula is C20H28N2O3. The largest absolute Gasteiger partial charge is 0.377 e. The summed E-state index contributed by atoms with van der Waals surface area (Å²) >= 11 is 0. The monoisotopic (exact) mass is 344 g/mol. The van der Waals surface area contributed by atoms with Gasteiger partial charge in [0, 0.05) is 32.5 Å². The Hall–Kier alpha value is -1.43. The van der Waals surface area contributed by atoms with Gasteiger partial charge in [-0.3, -0.25) is 9.69 Å². The molecule has 3 aliphatic rings. The zero-order valence-corrected chi connectivity index (χ0v) is 15.1. The first-order chi connectivity index (χ1) is 12.2. The van der Waals surface area contributed by atoms with Crippen LogP contribution < -0.4 is 5.32 Å². The molecule has 2 heterocycles. The second kappa shape index (κ2) is 7.06. The normalized spacial score (nSPS) is 29.1. The Morgan fingerprint density at radius 3 is 2.92 bits per heavy atom. The summed E-state index contributed by atoms with van der Waals surface area (Å²) in [7, 11) is 1.74. The number of benzene rings is 1. The predicted molar refractivity (Wildman–Crippen MR) is 96.9 cm³/mol. The number of ether oxygens (including phenoxy) is 2. The second-order valence-electron chi connectivity index (χ2n) is 7.65. The molecule has 1 spiro atoms. The number of amides is 1. The van der Waals surface area contributed by atoms with Crippen molar-refractivity contribution in [1.29, 1.82) is 0 Å². The van der Waals surface area contributed by atoms with Crippen LogP contribution in [0.4, 0.5) is 5.69 Å². The van der Waals surface area contributed by atoms with Gasteiger partial charge in [-0.25, -0.2) is 0 Å². The molecule has 1 aromatic rings. The second-order valence-corrected chi connectivity index (χ2v) is 7.65. The summed E-state index contributed by atoms with van der Waals surface area (Å²) in [4.78, 5) is 14.7. The third-order valence-electron chi connectivity index (χ3n) is 5.92. The molecule has 0 unspecified atom stereocenters. The molecule has 2 atom stereocenters. The molecule has 0 radical (unpaired) electrons. The summed E-state index contributed by atoms with van der Waals surface area (Å²) in [6.45, 7) is 2.73. The highest BCUT2D eigenvalue weighted by molar-refractivity contribution is 5.92. The van der Waals surface area contributed by atoms with Crippen LogP contribution in [0.15, 0.2) is 18.2 Å². The molecule has 0 aromatic heterocycles. The zero-order chi connectivity index (χ0) is 17.3. The molecule has 2 fully saturated rings. The summed E-state index contributed by atoms with van der Waals surface area (Å²) in [5.41, 5.74) is 3.54. The highest BCUT2D eigenvalue weighted by Gasteiger charge is 2.50. The number of anilines is 1. The molecular weight excluding hydrogens is 316 g/mol. The van der Waals surface area contributed by atoms with Crippen molar-refractivity contribution in [3.8, 4) is 0 Å². The number of hydrogen-bond acceptors (Lipinski definition) is 4. The van der Waals surface area contributed by atoms with Gasteiger partial charge in [0.15, 0.2) is 0 Å². The molecule has 1 aromatic carbocycles. The topological polar surface area (TPSA) is 50.8 Å². The number of carbonyl (C=O) groups is 1. The number of nitrogens with zero attached hydrogens (tertiary/aromatic N) is 1. The van der Waals surface area contributed by atoms with E-state index in [1.165, 1.54) is 24.0 Å². The van der Waals surface area contributed by atoms with E-state index in [2.05, 4.69) is 22.3 Å². The maximum absolute atomic E-state index is 12.5. The Morgan fingerprint density at radius 1 is 1.32 bits per heavy atom. The average molecular weight is 344 g/mol. The van der Waals surface area contributed by atoms with Gasteiger partial charge in [-0.15, -0.1) is 0 Å². The fourth-order valence-electron chi connectivity index (χ4n) is 4.67. The van der Waals surface area contributed by atoms with E-state index in [4.69, 9.17) is 9.47 Å². The molecule has 1 amide bonds. The van der Waals surface area contributed by atoms with Gasteiger partial charge in [-0.1, -0.05) is 6.07 Å². The molecule has 2 aliphatic heterocycles. The first kappa shape index (κ1) is 17.0. The number of likely N-dealkylation sites (tertiary alicyclic amines) is 1. The molecule has 0 saturated carbocycles. The summed E-state index contributed by atoms with van der Waals surface area (Å²) < 4.78 is 11.6. The maximum atomic E-state index is 12.5. The number of methoxy groups -OCH3 is 1. The fraction of sp³-hybridized carbons (Fsp3) is 0.650. The predicted octanol–water partition coefficient (Wildman–Crippen LogP) is 2.38. The van der Waals surface area contributed by atoms with Crippen molar-refractivity contribution in [2.75, 3.05) is 38.7 Å². The van der Waals surface area contributed by atoms with Gasteiger partial charge in [0.05, 0.1) is 12.6 Å². The summed E-state index contributed by atoms with van der Waals surface area (Å²) in [5, 5.41) is 3.07. The van der Waals surface area contributed by atoms with Gasteiger partial charge in [0.2, 0.25) is 5.91 Å². The van der Waals surface area contributed by atoms with Gasteiger partial charge in [0.25, 0.3) is 0 Å². The van der Waals surface area contributed by atoms with E-state index in [1.54, 1.807) is 7.11 Å². The van der Waals surface area contributed by atoms with Crippen LogP contribution >= 0.6 is 0 Å². The molecule has 1 aliphatic carbocycles. The summed E-state index contributed by atoms with van der Waals surface area (Å²) in [6.07, 6.45) is 6.98. The van der Waals surface area contributed by atoms with Crippen molar-refractivity contribution >= 4 is 11.6 Å². The highest BCUT2D eigenvalue weighted by atomic mass is 16.6. The van der Waals surface area contributed by atoms with Gasteiger partial charge < -0.3 is 14.8 Å². The van der Waals surface area contributed by atoms with E-state index >= 15 is 0 Å². The molecule has 1 N–H and O–H groups in total. The average Bonchev–Trinajstić information content (AvgIpc) is 3.22. The van der Waals surface area contributed by atoms with Crippen LogP contribution in [0.25, 0.3) is 0 Å². The van der Waals surface area contributed by atoms with Crippen molar-refractivity contribution in [1.82, 2.24) is 4.90 Å². The van der Waals surface area contributed by atoms with E-state index in [9.17, 15) is 4.79 Å². The van der Waals surface area contributed by atoms with Crippen LogP contribution in [-0.4, -0.2) is 55.9 Å². The Balaban J connectivity index is 1.36. The molecule has 136 valence electrons. The summed E-state index contributed by atoms with van der Waals surface area (Å²) in [6, 6.07) is 6.35. The minimum atomic E-state index is -0.207. The van der Waals surface area contributed by atoms with Crippen LogP contribution in [0, 0.1) is 0 Å². The van der Waals surface area contributed by atoms with E-state index < -0.39 is 0 Å². The van der Waals surface area contributed by atoms with Crippen molar-refractivity contribution in [2.45, 2.75) is 50.2 Å². The number of carbonyl (C=O) groups excluding carboxylic acids is 1. The van der Waals surface area contributed by atoms with E-state index in [0.29, 0.717) is 6.54 Å². The lowest BCUT2D eigenvalue weighted by Crippen LogP contribution is -2.42. The molecule has 0 bridgehead atoms. The highest BCUT2D eigenvalue weighted by Crippen LogP contribution is 2.36. The van der Waals surface area contributed by atoms with E-state index in [0.717, 1.165) is 51.1 Å². The lowest BCUT2D eigenvalue weighted by Gasteiger charge is -2.28. The molecule has 4 rings (SSSR count). The van der Waals surface area contributed by atoms with Crippen LogP contribution in [0.2, 0.25) is 0 Å². The van der Waals surface area contributed by atoms with Crippen LogP contribution in [0.3, 0.4) is 0 Å². The minimum Gasteiger partial charge on any atom is -0.377 e. The third-order valence-corrected chi connectivity index (χ3v) is 5.92. The number of aryl methyl sites for hydroxylation is 2. The number of nitrogens with one attached hydrogen (secondary N) is 1. The molecule has 5 nitrogen and oxygen atoms in total. The molecule has 2 saturated heterocycles. The van der Waals surface area contributed by atoms with E-state index in [-0.39, 0.29) is 17.6 Å². The lowest BCUT2D eigenvalue weighted by molar-refractivity contribution is -0.117. The van der Waals surface area contributed by atoms with E-state index in [1.807, 2.05) is 6.07 Å². The van der Waals surface area contributed by atoms with Crippen LogP contribution in [0.1, 0.15) is 36.8 Å². The van der Waals surface area contributed by atoms with Crippen molar-refractivity contribution in [3.63, 3.8) is 0 Å². The summed E-state index contributed by atoms with van der Waals surface area (Å²) in [5.74, 6) is 0.0423. The lowest BCUT2D eigenvalue weighted by atomic mass is 9.91. The molecule has 5 heteroatoms. The van der Waals surface area contributed by atoms with Gasteiger partial charge in [0.1, 0.15) is 5.60 Å². The Bertz CT molecular complexity index is 640. The quantitative estimate of drug-likeness (QED) is 0.911. The first-order valence-electron chi connectivity index (χ1n) is 9.49. The maximum Gasteiger partial charge on any atom is 0.238 e. The van der Waals surface area contributed by atoms with Crippen LogP contribution in [0.5, 0.6) is 0 Å². The molecule has 25 heavy (non-hydrogen) atoms.